The Morgan fingerprint density at radius 1 is 1.21 bits per heavy atom. The summed E-state index contributed by atoms with van der Waals surface area (Å²) in [5, 5.41) is 0.183. The van der Waals surface area contributed by atoms with Crippen molar-refractivity contribution in [1.29, 1.82) is 0 Å². The van der Waals surface area contributed by atoms with Gasteiger partial charge in [0.1, 0.15) is 17.5 Å². The highest BCUT2D eigenvalue weighted by atomic mass is 35.5. The van der Waals surface area contributed by atoms with Gasteiger partial charge in [0.2, 0.25) is 0 Å². The minimum atomic E-state index is -1.01. The molecule has 2 aromatic rings. The van der Waals surface area contributed by atoms with Crippen LogP contribution in [0.2, 0.25) is 5.02 Å². The largest absolute Gasteiger partial charge is 0.497 e. The number of methoxy groups -OCH3 is 1. The average molecular weight is 403 g/mol. The van der Waals surface area contributed by atoms with Gasteiger partial charge in [-0.15, -0.1) is 0 Å². The SMILES string of the molecule is CCOC(=O)[C@H]1C(=O)C=C(c2ccc(OC)cc2)C[C@H]1c1ccc(F)cc1Cl. The quantitative estimate of drug-likeness (QED) is 0.532. The second kappa shape index (κ2) is 8.57. The van der Waals surface area contributed by atoms with Crippen LogP contribution in [0.25, 0.3) is 5.57 Å². The predicted molar refractivity (Wildman–Crippen MR) is 105 cm³/mol. The van der Waals surface area contributed by atoms with Crippen LogP contribution in [0.3, 0.4) is 0 Å². The van der Waals surface area contributed by atoms with Gasteiger partial charge in [0, 0.05) is 10.9 Å². The van der Waals surface area contributed by atoms with Crippen molar-refractivity contribution in [3.05, 3.63) is 70.5 Å². The summed E-state index contributed by atoms with van der Waals surface area (Å²) < 4.78 is 23.8. The lowest BCUT2D eigenvalue weighted by Crippen LogP contribution is -2.34. The lowest BCUT2D eigenvalue weighted by Gasteiger charge is -2.30. The molecule has 0 aliphatic heterocycles. The van der Waals surface area contributed by atoms with Crippen LogP contribution in [-0.4, -0.2) is 25.5 Å². The first-order chi connectivity index (χ1) is 13.4. The topological polar surface area (TPSA) is 52.6 Å². The summed E-state index contributed by atoms with van der Waals surface area (Å²) in [5.41, 5.74) is 2.17. The van der Waals surface area contributed by atoms with E-state index in [1.807, 2.05) is 12.1 Å². The van der Waals surface area contributed by atoms with E-state index in [-0.39, 0.29) is 17.4 Å². The zero-order chi connectivity index (χ0) is 20.3. The van der Waals surface area contributed by atoms with Gasteiger partial charge in [-0.05, 0) is 60.4 Å². The molecule has 1 aliphatic carbocycles. The molecule has 6 heteroatoms. The van der Waals surface area contributed by atoms with Crippen molar-refractivity contribution < 1.29 is 23.5 Å². The van der Waals surface area contributed by atoms with E-state index in [2.05, 4.69) is 0 Å². The maximum absolute atomic E-state index is 13.5. The summed E-state index contributed by atoms with van der Waals surface area (Å²) in [6, 6.07) is 11.3. The number of benzene rings is 2. The maximum Gasteiger partial charge on any atom is 0.317 e. The first kappa shape index (κ1) is 20.1. The number of rotatable bonds is 5. The number of halogens is 2. The van der Waals surface area contributed by atoms with Gasteiger partial charge in [0.25, 0.3) is 0 Å². The average Bonchev–Trinajstić information content (AvgIpc) is 2.67. The van der Waals surface area contributed by atoms with Crippen molar-refractivity contribution in [3.63, 3.8) is 0 Å². The monoisotopic (exact) mass is 402 g/mol. The van der Waals surface area contributed by atoms with Crippen LogP contribution in [0.5, 0.6) is 5.75 Å². The van der Waals surface area contributed by atoms with Crippen LogP contribution in [0.1, 0.15) is 30.4 Å². The summed E-state index contributed by atoms with van der Waals surface area (Å²) in [7, 11) is 1.58. The Labute approximate surface area is 167 Å². The molecule has 0 bridgehead atoms. The van der Waals surface area contributed by atoms with Gasteiger partial charge >= 0.3 is 5.97 Å². The number of carbonyl (C=O) groups excluding carboxylic acids is 2. The molecule has 0 unspecified atom stereocenters. The van der Waals surface area contributed by atoms with E-state index in [9.17, 15) is 14.0 Å². The van der Waals surface area contributed by atoms with Crippen LogP contribution in [0.15, 0.2) is 48.5 Å². The van der Waals surface area contributed by atoms with Gasteiger partial charge in [-0.25, -0.2) is 4.39 Å². The van der Waals surface area contributed by atoms with Gasteiger partial charge in [-0.2, -0.15) is 0 Å². The van der Waals surface area contributed by atoms with E-state index < -0.39 is 23.6 Å². The van der Waals surface area contributed by atoms with E-state index >= 15 is 0 Å². The van der Waals surface area contributed by atoms with Crippen LogP contribution in [0.4, 0.5) is 4.39 Å². The van der Waals surface area contributed by atoms with Crippen molar-refractivity contribution in [2.45, 2.75) is 19.3 Å². The normalized spacial score (nSPS) is 19.1. The Morgan fingerprint density at radius 3 is 2.54 bits per heavy atom. The molecule has 0 aromatic heterocycles. The fourth-order valence-corrected chi connectivity index (χ4v) is 3.79. The molecule has 0 N–H and O–H groups in total. The van der Waals surface area contributed by atoms with Crippen LogP contribution in [0, 0.1) is 11.7 Å². The van der Waals surface area contributed by atoms with E-state index in [1.54, 1.807) is 26.2 Å². The summed E-state index contributed by atoms with van der Waals surface area (Å²) in [5.74, 6) is -2.26. The highest BCUT2D eigenvalue weighted by molar-refractivity contribution is 6.31. The molecule has 0 radical (unpaired) electrons. The Morgan fingerprint density at radius 2 is 1.93 bits per heavy atom. The molecule has 0 heterocycles. The summed E-state index contributed by atoms with van der Waals surface area (Å²) in [4.78, 5) is 25.4. The molecule has 0 saturated carbocycles. The number of hydrogen-bond acceptors (Lipinski definition) is 4. The fraction of sp³-hybridized carbons (Fsp3) is 0.273. The smallest absolute Gasteiger partial charge is 0.317 e. The molecule has 4 nitrogen and oxygen atoms in total. The van der Waals surface area contributed by atoms with Crippen molar-refractivity contribution >= 4 is 28.9 Å². The molecule has 0 fully saturated rings. The van der Waals surface area contributed by atoms with Gasteiger partial charge < -0.3 is 9.47 Å². The van der Waals surface area contributed by atoms with Gasteiger partial charge in [0.05, 0.1) is 13.7 Å². The number of hydrogen-bond donors (Lipinski definition) is 0. The van der Waals surface area contributed by atoms with E-state index in [0.717, 1.165) is 11.1 Å². The predicted octanol–water partition coefficient (Wildman–Crippen LogP) is 4.81. The number of esters is 1. The lowest BCUT2D eigenvalue weighted by molar-refractivity contribution is -0.151. The molecular formula is C22H20ClFO4. The first-order valence-corrected chi connectivity index (χ1v) is 9.32. The zero-order valence-corrected chi connectivity index (χ0v) is 16.3. The second-order valence-electron chi connectivity index (χ2n) is 6.51. The third-order valence-electron chi connectivity index (χ3n) is 4.83. The fourth-order valence-electron chi connectivity index (χ4n) is 3.48. The van der Waals surface area contributed by atoms with Crippen LogP contribution >= 0.6 is 11.6 Å². The summed E-state index contributed by atoms with van der Waals surface area (Å²) in [6.07, 6.45) is 1.88. The summed E-state index contributed by atoms with van der Waals surface area (Å²) >= 11 is 6.25. The van der Waals surface area contributed by atoms with Crippen molar-refractivity contribution in [2.75, 3.05) is 13.7 Å². The Hall–Kier alpha value is -2.66. The molecule has 2 atom stereocenters. The second-order valence-corrected chi connectivity index (χ2v) is 6.91. The third kappa shape index (κ3) is 4.09. The molecule has 146 valence electrons. The minimum Gasteiger partial charge on any atom is -0.497 e. The highest BCUT2D eigenvalue weighted by Gasteiger charge is 2.40. The van der Waals surface area contributed by atoms with E-state index in [0.29, 0.717) is 17.7 Å². The lowest BCUT2D eigenvalue weighted by atomic mass is 9.73. The first-order valence-electron chi connectivity index (χ1n) is 8.95. The molecule has 2 aromatic carbocycles. The zero-order valence-electron chi connectivity index (χ0n) is 15.6. The third-order valence-corrected chi connectivity index (χ3v) is 5.16. The number of allylic oxidation sites excluding steroid dienone is 2. The molecular weight excluding hydrogens is 383 g/mol. The van der Waals surface area contributed by atoms with E-state index in [1.165, 1.54) is 24.3 Å². The Kier molecular flexibility index (Phi) is 6.15. The van der Waals surface area contributed by atoms with Crippen LogP contribution < -0.4 is 4.74 Å². The van der Waals surface area contributed by atoms with Gasteiger partial charge in [-0.3, -0.25) is 9.59 Å². The van der Waals surface area contributed by atoms with Crippen molar-refractivity contribution in [1.82, 2.24) is 0 Å². The number of ether oxygens (including phenoxy) is 2. The molecule has 1 aliphatic rings. The standard InChI is InChI=1S/C22H20ClFO4/c1-3-28-22(26)21-18(17-9-6-15(24)12-19(17)23)10-14(11-20(21)25)13-4-7-16(27-2)8-5-13/h4-9,11-12,18,21H,3,10H2,1-2H3/t18-,21+/m0/s1. The van der Waals surface area contributed by atoms with E-state index in [4.69, 9.17) is 21.1 Å². The molecule has 0 saturated heterocycles. The van der Waals surface area contributed by atoms with Gasteiger partial charge in [-0.1, -0.05) is 29.8 Å². The molecule has 3 rings (SSSR count). The maximum atomic E-state index is 13.5. The molecule has 0 spiro atoms. The number of ketones is 1. The highest BCUT2D eigenvalue weighted by Crippen LogP contribution is 2.42. The van der Waals surface area contributed by atoms with Crippen LogP contribution in [-0.2, 0) is 14.3 Å². The number of carbonyl (C=O) groups is 2. The van der Waals surface area contributed by atoms with Crippen molar-refractivity contribution in [2.24, 2.45) is 5.92 Å². The minimum absolute atomic E-state index is 0.168. The Balaban J connectivity index is 2.03. The Bertz CT molecular complexity index is 921. The summed E-state index contributed by atoms with van der Waals surface area (Å²) in [6.45, 7) is 1.85. The molecule has 28 heavy (non-hydrogen) atoms. The van der Waals surface area contributed by atoms with Crippen molar-refractivity contribution in [3.8, 4) is 5.75 Å². The molecule has 0 amide bonds. The van der Waals surface area contributed by atoms with Gasteiger partial charge in [0.15, 0.2) is 5.78 Å².